The van der Waals surface area contributed by atoms with Gasteiger partial charge in [0.1, 0.15) is 0 Å². The van der Waals surface area contributed by atoms with Gasteiger partial charge in [-0.05, 0) is 56.7 Å². The first-order chi connectivity index (χ1) is 5.68. The molecule has 3 N–H and O–H groups in total. The number of H-pyrrole nitrogens is 1. The van der Waals surface area contributed by atoms with E-state index in [1.165, 1.54) is 12.8 Å². The molecule has 0 saturated heterocycles. The summed E-state index contributed by atoms with van der Waals surface area (Å²) >= 11 is 6.82. The third kappa shape index (κ3) is 1.60. The molecule has 0 bridgehead atoms. The largest absolute Gasteiger partial charge is 0.351 e. The molecular formula is C8H10Br2N2. The van der Waals surface area contributed by atoms with E-state index < -0.39 is 0 Å². The molecule has 0 radical (unpaired) electrons. The second-order valence-electron chi connectivity index (χ2n) is 3.25. The van der Waals surface area contributed by atoms with Gasteiger partial charge in [-0.1, -0.05) is 0 Å². The molecule has 0 unspecified atom stereocenters. The van der Waals surface area contributed by atoms with Crippen LogP contribution in [0.25, 0.3) is 0 Å². The number of hydrogen-bond acceptors (Lipinski definition) is 1. The number of aromatic amines is 1. The summed E-state index contributed by atoms with van der Waals surface area (Å²) in [6, 6.07) is 2.24. The Morgan fingerprint density at radius 3 is 2.58 bits per heavy atom. The molecule has 12 heavy (non-hydrogen) atoms. The minimum atomic E-state index is 0.188. The van der Waals surface area contributed by atoms with Crippen LogP contribution in [0.15, 0.2) is 15.1 Å². The van der Waals surface area contributed by atoms with Gasteiger partial charge >= 0.3 is 0 Å². The zero-order valence-electron chi connectivity index (χ0n) is 6.48. The highest BCUT2D eigenvalue weighted by Gasteiger charge is 2.30. The van der Waals surface area contributed by atoms with Gasteiger partial charge in [0.05, 0.1) is 4.60 Å². The standard InChI is InChI=1S/C8H10Br2N2/c9-5-3-6(12-8(5)10)7(11)4-1-2-4/h3-4,7,12H,1-2,11H2/t7-/m0/s1. The molecular weight excluding hydrogens is 284 g/mol. The van der Waals surface area contributed by atoms with Crippen LogP contribution in [0.4, 0.5) is 0 Å². The lowest BCUT2D eigenvalue weighted by atomic mass is 10.1. The van der Waals surface area contributed by atoms with Crippen LogP contribution >= 0.6 is 31.9 Å². The van der Waals surface area contributed by atoms with Gasteiger partial charge in [-0.15, -0.1) is 0 Å². The second-order valence-corrected chi connectivity index (χ2v) is 4.90. The van der Waals surface area contributed by atoms with Gasteiger partial charge in [-0.25, -0.2) is 0 Å². The number of aromatic nitrogens is 1. The van der Waals surface area contributed by atoms with Crippen molar-refractivity contribution in [3.63, 3.8) is 0 Å². The van der Waals surface area contributed by atoms with Crippen LogP contribution in [0.1, 0.15) is 24.6 Å². The smallest absolute Gasteiger partial charge is 0.0966 e. The number of nitrogens with two attached hydrogens (primary N) is 1. The molecule has 1 aliphatic rings. The van der Waals surface area contributed by atoms with Crippen molar-refractivity contribution in [3.8, 4) is 0 Å². The Hall–Kier alpha value is 0.200. The van der Waals surface area contributed by atoms with E-state index in [1.54, 1.807) is 0 Å². The summed E-state index contributed by atoms with van der Waals surface area (Å²) in [5, 5.41) is 0. The molecule has 1 fully saturated rings. The summed E-state index contributed by atoms with van der Waals surface area (Å²) in [7, 11) is 0. The van der Waals surface area contributed by atoms with Gasteiger partial charge in [0.15, 0.2) is 0 Å². The van der Waals surface area contributed by atoms with Crippen LogP contribution in [-0.2, 0) is 0 Å². The maximum atomic E-state index is 6.01. The first-order valence-corrected chi connectivity index (χ1v) is 5.56. The molecule has 1 aliphatic carbocycles. The van der Waals surface area contributed by atoms with E-state index in [9.17, 15) is 0 Å². The van der Waals surface area contributed by atoms with E-state index in [0.717, 1.165) is 14.8 Å². The molecule has 0 spiro atoms. The quantitative estimate of drug-likeness (QED) is 0.865. The van der Waals surface area contributed by atoms with E-state index in [1.807, 2.05) is 6.07 Å². The summed E-state index contributed by atoms with van der Waals surface area (Å²) in [6.45, 7) is 0. The molecule has 1 saturated carbocycles. The van der Waals surface area contributed by atoms with E-state index in [2.05, 4.69) is 36.8 Å². The van der Waals surface area contributed by atoms with Crippen LogP contribution < -0.4 is 5.73 Å². The van der Waals surface area contributed by atoms with Crippen molar-refractivity contribution in [3.05, 3.63) is 20.8 Å². The van der Waals surface area contributed by atoms with Gasteiger partial charge in [0, 0.05) is 16.2 Å². The average Bonchev–Trinajstić information content (AvgIpc) is 2.80. The number of halogens is 2. The molecule has 1 heterocycles. The normalized spacial score (nSPS) is 19.6. The Balaban J connectivity index is 2.21. The highest BCUT2D eigenvalue weighted by Crippen LogP contribution is 2.40. The van der Waals surface area contributed by atoms with Crippen molar-refractivity contribution in [2.24, 2.45) is 11.7 Å². The fourth-order valence-corrected chi connectivity index (χ4v) is 2.00. The average molecular weight is 294 g/mol. The molecule has 0 aliphatic heterocycles. The predicted octanol–water partition coefficient (Wildman–Crippen LogP) is 2.95. The van der Waals surface area contributed by atoms with Gasteiger partial charge in [-0.2, -0.15) is 0 Å². The van der Waals surface area contributed by atoms with E-state index in [0.29, 0.717) is 5.92 Å². The van der Waals surface area contributed by atoms with Crippen LogP contribution in [0.5, 0.6) is 0 Å². The van der Waals surface area contributed by atoms with Crippen LogP contribution in [0.3, 0.4) is 0 Å². The van der Waals surface area contributed by atoms with Crippen molar-refractivity contribution in [1.29, 1.82) is 0 Å². The first kappa shape index (κ1) is 8.78. The molecule has 1 aromatic rings. The summed E-state index contributed by atoms with van der Waals surface area (Å²) in [5.74, 6) is 0.697. The fraction of sp³-hybridized carbons (Fsp3) is 0.500. The van der Waals surface area contributed by atoms with E-state index >= 15 is 0 Å². The summed E-state index contributed by atoms with van der Waals surface area (Å²) in [4.78, 5) is 3.21. The lowest BCUT2D eigenvalue weighted by molar-refractivity contribution is 0.617. The Labute approximate surface area is 88.2 Å². The van der Waals surface area contributed by atoms with Gasteiger partial charge in [-0.3, -0.25) is 0 Å². The summed E-state index contributed by atoms with van der Waals surface area (Å²) in [6.07, 6.45) is 2.55. The molecule has 1 aromatic heterocycles. The van der Waals surface area contributed by atoms with Crippen molar-refractivity contribution < 1.29 is 0 Å². The topological polar surface area (TPSA) is 41.8 Å². The van der Waals surface area contributed by atoms with Crippen molar-refractivity contribution in [2.45, 2.75) is 18.9 Å². The lowest BCUT2D eigenvalue weighted by Gasteiger charge is -2.06. The second kappa shape index (κ2) is 3.16. The minimum Gasteiger partial charge on any atom is -0.351 e. The SMILES string of the molecule is N[C@H](c1cc(Br)c(Br)[nH]1)C1CC1. The Morgan fingerprint density at radius 2 is 2.17 bits per heavy atom. The monoisotopic (exact) mass is 292 g/mol. The maximum absolute atomic E-state index is 6.01. The van der Waals surface area contributed by atoms with Gasteiger partial charge < -0.3 is 10.7 Å². The highest BCUT2D eigenvalue weighted by molar-refractivity contribution is 9.13. The molecule has 4 heteroatoms. The number of nitrogens with one attached hydrogen (secondary N) is 1. The zero-order chi connectivity index (χ0) is 8.72. The van der Waals surface area contributed by atoms with E-state index in [4.69, 9.17) is 5.73 Å². The molecule has 0 aromatic carbocycles. The summed E-state index contributed by atoms with van der Waals surface area (Å²) in [5.41, 5.74) is 7.13. The fourth-order valence-electron chi connectivity index (χ4n) is 1.31. The van der Waals surface area contributed by atoms with Crippen LogP contribution in [0, 0.1) is 5.92 Å². The Kier molecular flexibility index (Phi) is 2.31. The zero-order valence-corrected chi connectivity index (χ0v) is 9.65. The minimum absolute atomic E-state index is 0.188. The maximum Gasteiger partial charge on any atom is 0.0966 e. The van der Waals surface area contributed by atoms with Crippen LogP contribution in [0.2, 0.25) is 0 Å². The van der Waals surface area contributed by atoms with Crippen molar-refractivity contribution >= 4 is 31.9 Å². The Bertz CT molecular complexity index is 272. The van der Waals surface area contributed by atoms with Crippen molar-refractivity contribution in [2.75, 3.05) is 0 Å². The predicted molar refractivity (Wildman–Crippen MR) is 55.8 cm³/mol. The summed E-state index contributed by atoms with van der Waals surface area (Å²) < 4.78 is 2.03. The van der Waals surface area contributed by atoms with Gasteiger partial charge in [0.25, 0.3) is 0 Å². The third-order valence-corrected chi connectivity index (χ3v) is 4.02. The Morgan fingerprint density at radius 1 is 1.50 bits per heavy atom. The molecule has 66 valence electrons. The molecule has 2 nitrogen and oxygen atoms in total. The van der Waals surface area contributed by atoms with Crippen LogP contribution in [-0.4, -0.2) is 4.98 Å². The number of hydrogen-bond donors (Lipinski definition) is 2. The number of rotatable bonds is 2. The molecule has 2 rings (SSSR count). The van der Waals surface area contributed by atoms with E-state index in [-0.39, 0.29) is 6.04 Å². The lowest BCUT2D eigenvalue weighted by Crippen LogP contribution is -2.12. The molecule has 1 atom stereocenters. The first-order valence-electron chi connectivity index (χ1n) is 3.98. The molecule has 0 amide bonds. The van der Waals surface area contributed by atoms with Crippen molar-refractivity contribution in [1.82, 2.24) is 4.98 Å². The van der Waals surface area contributed by atoms with Gasteiger partial charge in [0.2, 0.25) is 0 Å². The highest BCUT2D eigenvalue weighted by atomic mass is 79.9. The third-order valence-electron chi connectivity index (χ3n) is 2.23.